The van der Waals surface area contributed by atoms with Crippen LogP contribution in [-0.2, 0) is 4.79 Å². The first-order valence-corrected chi connectivity index (χ1v) is 9.02. The summed E-state index contributed by atoms with van der Waals surface area (Å²) in [4.78, 5) is 17.1. The van der Waals surface area contributed by atoms with Crippen LogP contribution in [0.3, 0.4) is 0 Å². The van der Waals surface area contributed by atoms with E-state index in [2.05, 4.69) is 27.4 Å². The maximum Gasteiger partial charge on any atom is 0.230 e. The zero-order valence-corrected chi connectivity index (χ0v) is 13.7. The van der Waals surface area contributed by atoms with E-state index in [0.717, 1.165) is 23.7 Å². The Morgan fingerprint density at radius 2 is 2.33 bits per heavy atom. The first-order chi connectivity index (χ1) is 10.3. The lowest BCUT2D eigenvalue weighted by molar-refractivity contribution is -0.118. The number of amides is 1. The summed E-state index contributed by atoms with van der Waals surface area (Å²) in [7, 11) is 0. The zero-order chi connectivity index (χ0) is 14.9. The summed E-state index contributed by atoms with van der Waals surface area (Å²) in [5.41, 5.74) is 0. The molecule has 0 fully saturated rings. The van der Waals surface area contributed by atoms with E-state index in [4.69, 9.17) is 0 Å². The van der Waals surface area contributed by atoms with Gasteiger partial charge in [-0.25, -0.2) is 4.98 Å². The number of nitrogens with zero attached hydrogens (tertiary/aromatic N) is 2. The average Bonchev–Trinajstić information content (AvgIpc) is 3.15. The fourth-order valence-electron chi connectivity index (χ4n) is 1.80. The number of nitrogens with one attached hydrogen (secondary N) is 2. The normalized spacial score (nSPS) is 10.7. The summed E-state index contributed by atoms with van der Waals surface area (Å²) in [6.45, 7) is 2.93. The molecule has 2 aromatic rings. The predicted octanol–water partition coefficient (Wildman–Crippen LogP) is 3.32. The highest BCUT2D eigenvalue weighted by Crippen LogP contribution is 2.22. The van der Waals surface area contributed by atoms with Crippen molar-refractivity contribution in [3.8, 4) is 10.7 Å². The van der Waals surface area contributed by atoms with Gasteiger partial charge in [-0.05, 0) is 17.9 Å². The van der Waals surface area contributed by atoms with Crippen molar-refractivity contribution in [1.82, 2.24) is 20.5 Å². The van der Waals surface area contributed by atoms with Crippen molar-refractivity contribution in [3.63, 3.8) is 0 Å². The van der Waals surface area contributed by atoms with Gasteiger partial charge in [-0.15, -0.1) is 16.4 Å². The standard InChI is InChI=1S/C14H20N4OS2/c1-2-3-4-5-8-15-12(19)10-21-14-16-13(17-18-14)11-7-6-9-20-11/h6-7,9H,2-5,8,10H2,1H3,(H,15,19)(H,16,17,18). The van der Waals surface area contributed by atoms with Crippen LogP contribution in [-0.4, -0.2) is 33.4 Å². The van der Waals surface area contributed by atoms with Gasteiger partial charge >= 0.3 is 0 Å². The summed E-state index contributed by atoms with van der Waals surface area (Å²) in [6, 6.07) is 3.96. The molecule has 0 bridgehead atoms. The lowest BCUT2D eigenvalue weighted by Crippen LogP contribution is -2.26. The molecule has 7 heteroatoms. The minimum atomic E-state index is 0.0407. The van der Waals surface area contributed by atoms with Crippen LogP contribution < -0.4 is 5.32 Å². The van der Waals surface area contributed by atoms with Gasteiger partial charge in [0.25, 0.3) is 0 Å². The predicted molar refractivity (Wildman–Crippen MR) is 87.6 cm³/mol. The summed E-state index contributed by atoms with van der Waals surface area (Å²) in [5.74, 6) is 1.15. The molecule has 114 valence electrons. The van der Waals surface area contributed by atoms with Crippen molar-refractivity contribution in [3.05, 3.63) is 17.5 Å². The number of rotatable bonds is 9. The third-order valence-electron chi connectivity index (χ3n) is 2.90. The lowest BCUT2D eigenvalue weighted by Gasteiger charge is -2.03. The quantitative estimate of drug-likeness (QED) is 0.548. The van der Waals surface area contributed by atoms with Gasteiger partial charge in [0.15, 0.2) is 5.82 Å². The highest BCUT2D eigenvalue weighted by atomic mass is 32.2. The van der Waals surface area contributed by atoms with Gasteiger partial charge in [-0.1, -0.05) is 44.0 Å². The highest BCUT2D eigenvalue weighted by Gasteiger charge is 2.09. The topological polar surface area (TPSA) is 70.7 Å². The van der Waals surface area contributed by atoms with Crippen molar-refractivity contribution in [2.75, 3.05) is 12.3 Å². The van der Waals surface area contributed by atoms with Gasteiger partial charge in [0.2, 0.25) is 11.1 Å². The van der Waals surface area contributed by atoms with Crippen LogP contribution in [0.1, 0.15) is 32.6 Å². The minimum Gasteiger partial charge on any atom is -0.355 e. The first-order valence-electron chi connectivity index (χ1n) is 7.15. The van der Waals surface area contributed by atoms with Crippen LogP contribution >= 0.6 is 23.1 Å². The van der Waals surface area contributed by atoms with E-state index in [9.17, 15) is 4.79 Å². The number of carbonyl (C=O) groups is 1. The van der Waals surface area contributed by atoms with Crippen LogP contribution in [0.5, 0.6) is 0 Å². The molecule has 0 aliphatic heterocycles. The van der Waals surface area contributed by atoms with E-state index < -0.39 is 0 Å². The van der Waals surface area contributed by atoms with Gasteiger partial charge in [0.05, 0.1) is 10.6 Å². The van der Waals surface area contributed by atoms with Gasteiger partial charge in [0, 0.05) is 6.54 Å². The van der Waals surface area contributed by atoms with E-state index in [1.807, 2.05) is 17.5 Å². The SMILES string of the molecule is CCCCCCNC(=O)CSc1n[nH]c(-c2cccs2)n1. The Labute approximate surface area is 132 Å². The molecule has 0 atom stereocenters. The maximum atomic E-state index is 11.7. The minimum absolute atomic E-state index is 0.0407. The molecule has 0 unspecified atom stereocenters. The number of unbranched alkanes of at least 4 members (excludes halogenated alkanes) is 3. The van der Waals surface area contributed by atoms with Gasteiger partial charge < -0.3 is 5.32 Å². The summed E-state index contributed by atoms with van der Waals surface area (Å²) < 4.78 is 0. The van der Waals surface area contributed by atoms with Crippen LogP contribution in [0.2, 0.25) is 0 Å². The van der Waals surface area contributed by atoms with Gasteiger partial charge in [-0.2, -0.15) is 0 Å². The van der Waals surface area contributed by atoms with E-state index in [0.29, 0.717) is 10.9 Å². The molecule has 21 heavy (non-hydrogen) atoms. The molecule has 0 radical (unpaired) electrons. The molecule has 2 aromatic heterocycles. The lowest BCUT2D eigenvalue weighted by atomic mass is 10.2. The molecule has 0 aliphatic rings. The van der Waals surface area contributed by atoms with Crippen molar-refractivity contribution >= 4 is 29.0 Å². The number of thioether (sulfide) groups is 1. The largest absolute Gasteiger partial charge is 0.355 e. The number of thiophene rings is 1. The van der Waals surface area contributed by atoms with E-state index in [1.54, 1.807) is 11.3 Å². The van der Waals surface area contributed by atoms with Crippen LogP contribution in [0.15, 0.2) is 22.7 Å². The van der Waals surface area contributed by atoms with Crippen molar-refractivity contribution in [2.45, 2.75) is 37.8 Å². The first kappa shape index (κ1) is 16.0. The maximum absolute atomic E-state index is 11.7. The number of aromatic nitrogens is 3. The summed E-state index contributed by atoms with van der Waals surface area (Å²) in [6.07, 6.45) is 4.66. The molecule has 0 spiro atoms. The Morgan fingerprint density at radius 3 is 3.10 bits per heavy atom. The number of aromatic amines is 1. The van der Waals surface area contributed by atoms with Gasteiger partial charge in [-0.3, -0.25) is 9.89 Å². The van der Waals surface area contributed by atoms with E-state index >= 15 is 0 Å². The molecule has 2 heterocycles. The molecule has 0 saturated carbocycles. The van der Waals surface area contributed by atoms with Crippen molar-refractivity contribution < 1.29 is 4.79 Å². The molecule has 2 N–H and O–H groups in total. The molecular weight excluding hydrogens is 304 g/mol. The second kappa shape index (κ2) is 8.84. The average molecular weight is 324 g/mol. The third kappa shape index (κ3) is 5.51. The van der Waals surface area contributed by atoms with Crippen LogP contribution in [0.4, 0.5) is 0 Å². The molecular formula is C14H20N4OS2. The number of carbonyl (C=O) groups excluding carboxylic acids is 1. The Hall–Kier alpha value is -1.34. The molecule has 1 amide bonds. The Balaban J connectivity index is 1.67. The summed E-state index contributed by atoms with van der Waals surface area (Å²) >= 11 is 2.96. The van der Waals surface area contributed by atoms with E-state index in [-0.39, 0.29) is 5.91 Å². The fraction of sp³-hybridized carbons (Fsp3) is 0.500. The van der Waals surface area contributed by atoms with Crippen molar-refractivity contribution in [1.29, 1.82) is 0 Å². The molecule has 0 saturated heterocycles. The molecule has 2 rings (SSSR count). The Bertz CT molecular complexity index is 539. The number of hydrogen-bond acceptors (Lipinski definition) is 5. The second-order valence-corrected chi connectivity index (χ2v) is 6.53. The zero-order valence-electron chi connectivity index (χ0n) is 12.1. The van der Waals surface area contributed by atoms with Crippen LogP contribution in [0.25, 0.3) is 10.7 Å². The Kier molecular flexibility index (Phi) is 6.75. The number of hydrogen-bond donors (Lipinski definition) is 2. The highest BCUT2D eigenvalue weighted by molar-refractivity contribution is 7.99. The van der Waals surface area contributed by atoms with Crippen molar-refractivity contribution in [2.24, 2.45) is 0 Å². The van der Waals surface area contributed by atoms with Crippen LogP contribution in [0, 0.1) is 0 Å². The monoisotopic (exact) mass is 324 g/mol. The second-order valence-electron chi connectivity index (χ2n) is 4.64. The number of H-pyrrole nitrogens is 1. The summed E-state index contributed by atoms with van der Waals surface area (Å²) in [5, 5.41) is 12.5. The fourth-order valence-corrected chi connectivity index (χ4v) is 3.09. The molecule has 5 nitrogen and oxygen atoms in total. The third-order valence-corrected chi connectivity index (χ3v) is 4.63. The smallest absolute Gasteiger partial charge is 0.230 e. The Morgan fingerprint density at radius 1 is 1.43 bits per heavy atom. The van der Waals surface area contributed by atoms with E-state index in [1.165, 1.54) is 31.0 Å². The van der Waals surface area contributed by atoms with Gasteiger partial charge in [0.1, 0.15) is 0 Å². The molecule has 0 aliphatic carbocycles. The molecule has 0 aromatic carbocycles.